The van der Waals surface area contributed by atoms with Crippen LogP contribution in [0.4, 0.5) is 0 Å². The summed E-state index contributed by atoms with van der Waals surface area (Å²) < 4.78 is 11.1. The molecule has 1 heterocycles. The summed E-state index contributed by atoms with van der Waals surface area (Å²) in [6, 6.07) is 18.8. The maximum absolute atomic E-state index is 12.7. The highest BCUT2D eigenvalue weighted by molar-refractivity contribution is 5.97. The van der Waals surface area contributed by atoms with Crippen molar-refractivity contribution in [3.63, 3.8) is 0 Å². The fourth-order valence-corrected chi connectivity index (χ4v) is 2.87. The zero-order valence-electron chi connectivity index (χ0n) is 16.3. The van der Waals surface area contributed by atoms with Crippen molar-refractivity contribution in [3.8, 4) is 11.5 Å². The number of carbonyl (C=O) groups is 1. The van der Waals surface area contributed by atoms with Gasteiger partial charge in [-0.2, -0.15) is 0 Å². The topological polar surface area (TPSA) is 60.5 Å². The average molecular weight is 376 g/mol. The number of hydrogen-bond acceptors (Lipinski definition) is 4. The molecule has 2 aromatic carbocycles. The molecule has 3 rings (SSSR count). The number of aryl methyl sites for hydroxylation is 1. The molecule has 0 saturated carbocycles. The van der Waals surface area contributed by atoms with E-state index in [0.717, 1.165) is 22.6 Å². The molecule has 1 N–H and O–H groups in total. The van der Waals surface area contributed by atoms with Gasteiger partial charge in [-0.3, -0.25) is 9.78 Å². The molecule has 1 unspecified atom stereocenters. The van der Waals surface area contributed by atoms with Gasteiger partial charge >= 0.3 is 0 Å². The summed E-state index contributed by atoms with van der Waals surface area (Å²) in [6.45, 7) is 4.28. The van der Waals surface area contributed by atoms with E-state index in [4.69, 9.17) is 9.47 Å². The molecule has 1 aromatic heterocycles. The number of carbonyl (C=O) groups excluding carboxylic acids is 1. The number of pyridine rings is 1. The number of hydrogen-bond donors (Lipinski definition) is 1. The molecule has 1 atom stereocenters. The predicted octanol–water partition coefficient (Wildman–Crippen LogP) is 4.47. The molecule has 0 fully saturated rings. The van der Waals surface area contributed by atoms with Crippen LogP contribution in [0.3, 0.4) is 0 Å². The van der Waals surface area contributed by atoms with E-state index in [1.54, 1.807) is 19.4 Å². The zero-order chi connectivity index (χ0) is 19.9. The third kappa shape index (κ3) is 4.88. The Bertz CT molecular complexity index is 942. The highest BCUT2D eigenvalue weighted by Gasteiger charge is 2.16. The van der Waals surface area contributed by atoms with Gasteiger partial charge in [0.15, 0.2) is 0 Å². The SMILES string of the molecule is COc1ccc(C)cc1C(=O)NC(C)c1cccc(OCc2ccccn2)c1. The van der Waals surface area contributed by atoms with E-state index in [0.29, 0.717) is 17.9 Å². The molecule has 28 heavy (non-hydrogen) atoms. The fraction of sp³-hybridized carbons (Fsp3) is 0.217. The van der Waals surface area contributed by atoms with Crippen molar-refractivity contribution < 1.29 is 14.3 Å². The van der Waals surface area contributed by atoms with Crippen LogP contribution in [0.2, 0.25) is 0 Å². The Morgan fingerprint density at radius 1 is 1.11 bits per heavy atom. The second kappa shape index (κ2) is 9.04. The summed E-state index contributed by atoms with van der Waals surface area (Å²) in [4.78, 5) is 17.0. The van der Waals surface area contributed by atoms with E-state index in [9.17, 15) is 4.79 Å². The number of methoxy groups -OCH3 is 1. The van der Waals surface area contributed by atoms with Crippen molar-refractivity contribution in [2.75, 3.05) is 7.11 Å². The number of amides is 1. The van der Waals surface area contributed by atoms with Gasteiger partial charge in [0.25, 0.3) is 5.91 Å². The van der Waals surface area contributed by atoms with Gasteiger partial charge < -0.3 is 14.8 Å². The predicted molar refractivity (Wildman–Crippen MR) is 109 cm³/mol. The maximum atomic E-state index is 12.7. The van der Waals surface area contributed by atoms with E-state index in [-0.39, 0.29) is 11.9 Å². The molecule has 1 amide bonds. The third-order valence-corrected chi connectivity index (χ3v) is 4.42. The number of nitrogens with one attached hydrogen (secondary N) is 1. The van der Waals surface area contributed by atoms with Crippen LogP contribution in [-0.2, 0) is 6.61 Å². The van der Waals surface area contributed by atoms with Crippen LogP contribution in [0.15, 0.2) is 66.9 Å². The third-order valence-electron chi connectivity index (χ3n) is 4.42. The molecule has 0 spiro atoms. The van der Waals surface area contributed by atoms with E-state index < -0.39 is 0 Å². The minimum atomic E-state index is -0.184. The van der Waals surface area contributed by atoms with Crippen molar-refractivity contribution in [1.29, 1.82) is 0 Å². The second-order valence-corrected chi connectivity index (χ2v) is 6.58. The second-order valence-electron chi connectivity index (χ2n) is 6.58. The number of rotatable bonds is 7. The first-order chi connectivity index (χ1) is 13.6. The molecule has 5 heteroatoms. The monoisotopic (exact) mass is 376 g/mol. The lowest BCUT2D eigenvalue weighted by Crippen LogP contribution is -2.27. The van der Waals surface area contributed by atoms with Crippen LogP contribution in [0.1, 0.15) is 40.1 Å². The van der Waals surface area contributed by atoms with Crippen molar-refractivity contribution >= 4 is 5.91 Å². The summed E-state index contributed by atoms with van der Waals surface area (Å²) in [6.07, 6.45) is 1.74. The molecule has 5 nitrogen and oxygen atoms in total. The normalized spacial score (nSPS) is 11.5. The Balaban J connectivity index is 1.68. The largest absolute Gasteiger partial charge is 0.496 e. The van der Waals surface area contributed by atoms with Gasteiger partial charge in [-0.1, -0.05) is 29.8 Å². The molecule has 3 aromatic rings. The summed E-state index contributed by atoms with van der Waals surface area (Å²) in [5.74, 6) is 1.12. The highest BCUT2D eigenvalue weighted by atomic mass is 16.5. The molecular weight excluding hydrogens is 352 g/mol. The smallest absolute Gasteiger partial charge is 0.255 e. The first-order valence-corrected chi connectivity index (χ1v) is 9.15. The minimum absolute atomic E-state index is 0.173. The van der Waals surface area contributed by atoms with E-state index in [1.807, 2.05) is 68.4 Å². The van der Waals surface area contributed by atoms with Gasteiger partial charge in [-0.25, -0.2) is 0 Å². The molecule has 0 aliphatic heterocycles. The maximum Gasteiger partial charge on any atom is 0.255 e. The van der Waals surface area contributed by atoms with Crippen molar-refractivity contribution in [2.45, 2.75) is 26.5 Å². The van der Waals surface area contributed by atoms with Gasteiger partial charge in [-0.15, -0.1) is 0 Å². The Morgan fingerprint density at radius 3 is 2.71 bits per heavy atom. The number of nitrogens with zero attached hydrogens (tertiary/aromatic N) is 1. The Morgan fingerprint density at radius 2 is 1.96 bits per heavy atom. The molecule has 0 saturated heterocycles. The molecule has 0 bridgehead atoms. The summed E-state index contributed by atoms with van der Waals surface area (Å²) >= 11 is 0. The van der Waals surface area contributed by atoms with Crippen LogP contribution in [0.5, 0.6) is 11.5 Å². The molecule has 0 aliphatic rings. The molecule has 0 aliphatic carbocycles. The summed E-state index contributed by atoms with van der Waals surface area (Å²) in [5, 5.41) is 3.03. The van der Waals surface area contributed by atoms with Crippen LogP contribution < -0.4 is 14.8 Å². The lowest BCUT2D eigenvalue weighted by Gasteiger charge is -2.17. The van der Waals surface area contributed by atoms with Gasteiger partial charge in [0.2, 0.25) is 0 Å². The Labute approximate surface area is 165 Å². The zero-order valence-corrected chi connectivity index (χ0v) is 16.3. The van der Waals surface area contributed by atoms with Crippen molar-refractivity contribution in [3.05, 3.63) is 89.2 Å². The van der Waals surface area contributed by atoms with Gasteiger partial charge in [-0.05, 0) is 55.8 Å². The molecule has 144 valence electrons. The van der Waals surface area contributed by atoms with Crippen LogP contribution >= 0.6 is 0 Å². The van der Waals surface area contributed by atoms with Crippen molar-refractivity contribution in [1.82, 2.24) is 10.3 Å². The van der Waals surface area contributed by atoms with Crippen LogP contribution in [-0.4, -0.2) is 18.0 Å². The number of ether oxygens (including phenoxy) is 2. The number of benzene rings is 2. The van der Waals surface area contributed by atoms with Gasteiger partial charge in [0, 0.05) is 6.20 Å². The summed E-state index contributed by atoms with van der Waals surface area (Å²) in [5.41, 5.74) is 3.35. The van der Waals surface area contributed by atoms with Crippen molar-refractivity contribution in [2.24, 2.45) is 0 Å². The first-order valence-electron chi connectivity index (χ1n) is 9.15. The lowest BCUT2D eigenvalue weighted by atomic mass is 10.1. The van der Waals surface area contributed by atoms with Gasteiger partial charge in [0.1, 0.15) is 18.1 Å². The van der Waals surface area contributed by atoms with Gasteiger partial charge in [0.05, 0.1) is 24.4 Å². The van der Waals surface area contributed by atoms with E-state index in [1.165, 1.54) is 0 Å². The van der Waals surface area contributed by atoms with E-state index in [2.05, 4.69) is 10.3 Å². The fourth-order valence-electron chi connectivity index (χ4n) is 2.87. The Hall–Kier alpha value is -3.34. The highest BCUT2D eigenvalue weighted by Crippen LogP contribution is 2.23. The lowest BCUT2D eigenvalue weighted by molar-refractivity contribution is 0.0936. The van der Waals surface area contributed by atoms with E-state index >= 15 is 0 Å². The Kier molecular flexibility index (Phi) is 6.27. The average Bonchev–Trinajstić information content (AvgIpc) is 2.73. The number of aromatic nitrogens is 1. The first kappa shape index (κ1) is 19.4. The van der Waals surface area contributed by atoms with Crippen LogP contribution in [0, 0.1) is 6.92 Å². The summed E-state index contributed by atoms with van der Waals surface area (Å²) in [7, 11) is 1.56. The standard InChI is InChI=1S/C23H24N2O3/c1-16-10-11-22(27-3)21(13-16)23(26)25-17(2)18-7-6-9-20(14-18)28-15-19-8-4-5-12-24-19/h4-14,17H,15H2,1-3H3,(H,25,26). The quantitative estimate of drug-likeness (QED) is 0.661. The minimum Gasteiger partial charge on any atom is -0.496 e. The van der Waals surface area contributed by atoms with Crippen LogP contribution in [0.25, 0.3) is 0 Å². The molecular formula is C23H24N2O3. The molecule has 0 radical (unpaired) electrons.